The minimum atomic E-state index is -0.216. The highest BCUT2D eigenvalue weighted by Gasteiger charge is 2.27. The zero-order valence-electron chi connectivity index (χ0n) is 12.0. The van der Waals surface area contributed by atoms with E-state index in [1.54, 1.807) is 6.07 Å². The van der Waals surface area contributed by atoms with Gasteiger partial charge in [-0.1, -0.05) is 13.8 Å². The lowest BCUT2D eigenvalue weighted by Crippen LogP contribution is -2.36. The summed E-state index contributed by atoms with van der Waals surface area (Å²) in [5.41, 5.74) is 1.84. The minimum absolute atomic E-state index is 0.216. The van der Waals surface area contributed by atoms with E-state index in [0.29, 0.717) is 5.92 Å². The monoisotopic (exact) mass is 274 g/mol. The lowest BCUT2D eigenvalue weighted by atomic mass is 10.0. The highest BCUT2D eigenvalue weighted by atomic mass is 19.1. The van der Waals surface area contributed by atoms with Crippen molar-refractivity contribution in [2.45, 2.75) is 33.4 Å². The Labute approximate surface area is 118 Å². The second-order valence-electron chi connectivity index (χ2n) is 5.67. The molecule has 0 radical (unpaired) electrons. The number of aromatic nitrogens is 3. The van der Waals surface area contributed by atoms with Gasteiger partial charge in [0.1, 0.15) is 5.82 Å². The number of benzene rings is 1. The van der Waals surface area contributed by atoms with Crippen molar-refractivity contribution < 1.29 is 4.39 Å². The van der Waals surface area contributed by atoms with Crippen LogP contribution in [0, 0.1) is 18.7 Å². The molecule has 1 aliphatic heterocycles. The molecular formula is C15H19FN4. The smallest absolute Gasteiger partial charge is 0.164 e. The quantitative estimate of drug-likeness (QED) is 0.915. The van der Waals surface area contributed by atoms with Gasteiger partial charge in [0.2, 0.25) is 0 Å². The van der Waals surface area contributed by atoms with E-state index in [1.165, 1.54) is 12.1 Å². The third kappa shape index (κ3) is 2.12. The van der Waals surface area contributed by atoms with Crippen LogP contribution in [0.2, 0.25) is 0 Å². The largest absolute Gasteiger partial charge is 0.308 e. The van der Waals surface area contributed by atoms with Crippen molar-refractivity contribution in [1.82, 2.24) is 20.1 Å². The molecule has 0 amide bonds. The molecule has 0 saturated heterocycles. The van der Waals surface area contributed by atoms with Crippen LogP contribution in [-0.2, 0) is 6.54 Å². The molecule has 2 aromatic rings. The lowest BCUT2D eigenvalue weighted by Gasteiger charge is -2.27. The van der Waals surface area contributed by atoms with Crippen LogP contribution in [0.3, 0.4) is 0 Å². The number of halogens is 1. The standard InChI is InChI=1S/C15H19FN4/c1-9(2)13-15-19-18-14(20(15)7-6-17-13)12-5-4-11(16)8-10(12)3/h4-5,8-9,13,17H,6-7H2,1-3H3. The molecule has 1 N–H and O–H groups in total. The molecule has 1 aliphatic rings. The van der Waals surface area contributed by atoms with E-state index >= 15 is 0 Å². The minimum Gasteiger partial charge on any atom is -0.308 e. The number of hydrogen-bond donors (Lipinski definition) is 1. The van der Waals surface area contributed by atoms with Crippen molar-refractivity contribution >= 4 is 0 Å². The van der Waals surface area contributed by atoms with Gasteiger partial charge in [-0.2, -0.15) is 0 Å². The number of nitrogens with zero attached hydrogens (tertiary/aromatic N) is 3. The molecule has 0 spiro atoms. The van der Waals surface area contributed by atoms with Gasteiger partial charge in [0.25, 0.3) is 0 Å². The molecule has 2 heterocycles. The Kier molecular flexibility index (Phi) is 3.30. The number of rotatable bonds is 2. The molecule has 0 saturated carbocycles. The predicted octanol–water partition coefficient (Wildman–Crippen LogP) is 2.69. The van der Waals surface area contributed by atoms with Gasteiger partial charge in [0.15, 0.2) is 11.6 Å². The Balaban J connectivity index is 2.08. The normalized spacial score (nSPS) is 18.4. The first-order valence-electron chi connectivity index (χ1n) is 7.01. The number of aryl methyl sites for hydroxylation is 1. The Morgan fingerprint density at radius 2 is 2.15 bits per heavy atom. The van der Waals surface area contributed by atoms with E-state index in [1.807, 2.05) is 6.92 Å². The fourth-order valence-electron chi connectivity index (χ4n) is 2.80. The Morgan fingerprint density at radius 1 is 1.35 bits per heavy atom. The summed E-state index contributed by atoms with van der Waals surface area (Å²) in [6.45, 7) is 8.00. The van der Waals surface area contributed by atoms with Crippen molar-refractivity contribution in [3.63, 3.8) is 0 Å². The van der Waals surface area contributed by atoms with E-state index in [-0.39, 0.29) is 11.9 Å². The molecule has 1 atom stereocenters. The van der Waals surface area contributed by atoms with Crippen LogP contribution < -0.4 is 5.32 Å². The lowest BCUT2D eigenvalue weighted by molar-refractivity contribution is 0.339. The maximum absolute atomic E-state index is 13.2. The topological polar surface area (TPSA) is 42.7 Å². The maximum atomic E-state index is 13.2. The summed E-state index contributed by atoms with van der Waals surface area (Å²) >= 11 is 0. The molecule has 106 valence electrons. The average molecular weight is 274 g/mol. The van der Waals surface area contributed by atoms with Gasteiger partial charge in [0.05, 0.1) is 6.04 Å². The molecule has 3 rings (SSSR count). The molecule has 20 heavy (non-hydrogen) atoms. The number of hydrogen-bond acceptors (Lipinski definition) is 3. The second-order valence-corrected chi connectivity index (χ2v) is 5.67. The molecule has 1 aromatic heterocycles. The molecule has 4 nitrogen and oxygen atoms in total. The maximum Gasteiger partial charge on any atom is 0.164 e. The number of fused-ring (bicyclic) bond motifs is 1. The van der Waals surface area contributed by atoms with Gasteiger partial charge in [-0.3, -0.25) is 0 Å². The van der Waals surface area contributed by atoms with Gasteiger partial charge < -0.3 is 9.88 Å². The van der Waals surface area contributed by atoms with Crippen LogP contribution >= 0.6 is 0 Å². The Hall–Kier alpha value is -1.75. The van der Waals surface area contributed by atoms with E-state index in [0.717, 1.165) is 35.9 Å². The van der Waals surface area contributed by atoms with Crippen molar-refractivity contribution in [1.29, 1.82) is 0 Å². The molecule has 1 aromatic carbocycles. The highest BCUT2D eigenvalue weighted by molar-refractivity contribution is 5.60. The third-order valence-corrected chi connectivity index (χ3v) is 3.85. The summed E-state index contributed by atoms with van der Waals surface area (Å²) in [4.78, 5) is 0. The molecule has 0 aliphatic carbocycles. The number of nitrogens with one attached hydrogen (secondary N) is 1. The van der Waals surface area contributed by atoms with E-state index in [4.69, 9.17) is 0 Å². The summed E-state index contributed by atoms with van der Waals surface area (Å²) < 4.78 is 15.4. The van der Waals surface area contributed by atoms with Crippen molar-refractivity contribution in [2.75, 3.05) is 6.54 Å². The van der Waals surface area contributed by atoms with Gasteiger partial charge >= 0.3 is 0 Å². The second kappa shape index (κ2) is 4.98. The van der Waals surface area contributed by atoms with Crippen molar-refractivity contribution in [3.05, 3.63) is 35.4 Å². The first-order chi connectivity index (χ1) is 9.58. The van der Waals surface area contributed by atoms with Crippen molar-refractivity contribution in [2.24, 2.45) is 5.92 Å². The van der Waals surface area contributed by atoms with Crippen LogP contribution in [-0.4, -0.2) is 21.3 Å². The zero-order valence-corrected chi connectivity index (χ0v) is 12.0. The fourth-order valence-corrected chi connectivity index (χ4v) is 2.80. The SMILES string of the molecule is Cc1cc(F)ccc1-c1nnc2n1CCNC2C(C)C. The van der Waals surface area contributed by atoms with E-state index < -0.39 is 0 Å². The summed E-state index contributed by atoms with van der Waals surface area (Å²) in [5, 5.41) is 12.2. The Morgan fingerprint density at radius 3 is 2.85 bits per heavy atom. The van der Waals surface area contributed by atoms with E-state index in [2.05, 4.69) is 33.9 Å². The third-order valence-electron chi connectivity index (χ3n) is 3.85. The van der Waals surface area contributed by atoms with Crippen LogP contribution in [0.4, 0.5) is 4.39 Å². The van der Waals surface area contributed by atoms with Crippen molar-refractivity contribution in [3.8, 4) is 11.4 Å². The first kappa shape index (κ1) is 13.2. The molecule has 0 bridgehead atoms. The van der Waals surface area contributed by atoms with Crippen LogP contribution in [0.1, 0.15) is 31.3 Å². The summed E-state index contributed by atoms with van der Waals surface area (Å²) in [6.07, 6.45) is 0. The van der Waals surface area contributed by atoms with Crippen LogP contribution in [0.15, 0.2) is 18.2 Å². The summed E-state index contributed by atoms with van der Waals surface area (Å²) in [5.74, 6) is 2.06. The predicted molar refractivity (Wildman–Crippen MR) is 75.7 cm³/mol. The van der Waals surface area contributed by atoms with E-state index in [9.17, 15) is 4.39 Å². The zero-order chi connectivity index (χ0) is 14.3. The molecule has 0 fully saturated rings. The van der Waals surface area contributed by atoms with Gasteiger partial charge in [-0.25, -0.2) is 4.39 Å². The molecule has 5 heteroatoms. The highest BCUT2D eigenvalue weighted by Crippen LogP contribution is 2.29. The summed E-state index contributed by atoms with van der Waals surface area (Å²) in [7, 11) is 0. The average Bonchev–Trinajstić information content (AvgIpc) is 2.82. The molecule has 1 unspecified atom stereocenters. The van der Waals surface area contributed by atoms with Crippen LogP contribution in [0.25, 0.3) is 11.4 Å². The summed E-state index contributed by atoms with van der Waals surface area (Å²) in [6, 6.07) is 5.03. The van der Waals surface area contributed by atoms with Gasteiger partial charge in [-0.05, 0) is 36.6 Å². The molecular weight excluding hydrogens is 255 g/mol. The van der Waals surface area contributed by atoms with Gasteiger partial charge in [0, 0.05) is 18.7 Å². The van der Waals surface area contributed by atoms with Gasteiger partial charge in [-0.15, -0.1) is 10.2 Å². The Bertz CT molecular complexity index is 633. The first-order valence-corrected chi connectivity index (χ1v) is 7.01. The fraction of sp³-hybridized carbons (Fsp3) is 0.467. The van der Waals surface area contributed by atoms with Crippen LogP contribution in [0.5, 0.6) is 0 Å².